The van der Waals surface area contributed by atoms with Crippen LogP contribution in [0.15, 0.2) is 11.1 Å². The van der Waals surface area contributed by atoms with Gasteiger partial charge in [0, 0.05) is 20.5 Å². The molecule has 0 aliphatic carbocycles. The first kappa shape index (κ1) is 16.4. The Hall–Kier alpha value is -2.50. The number of hydrogen-bond acceptors (Lipinski definition) is 7. The number of nitrogens with one attached hydrogen (secondary N) is 2. The second kappa shape index (κ2) is 6.19. The fourth-order valence-corrected chi connectivity index (χ4v) is 2.46. The zero-order valence-corrected chi connectivity index (χ0v) is 13.1. The Bertz CT molecular complexity index is 815. The van der Waals surface area contributed by atoms with E-state index in [2.05, 4.69) is 20.3 Å². The molecule has 0 aromatic carbocycles. The van der Waals surface area contributed by atoms with E-state index in [1.165, 1.54) is 15.8 Å². The average molecular weight is 338 g/mol. The lowest BCUT2D eigenvalue weighted by Gasteiger charge is -2.14. The van der Waals surface area contributed by atoms with E-state index < -0.39 is 30.0 Å². The Kier molecular flexibility index (Phi) is 4.22. The minimum Gasteiger partial charge on any atom is -0.394 e. The number of ether oxygens (including phenoxy) is 1. The van der Waals surface area contributed by atoms with Gasteiger partial charge in [-0.1, -0.05) is 0 Å². The van der Waals surface area contributed by atoms with E-state index in [1.807, 2.05) is 0 Å². The third kappa shape index (κ3) is 2.84. The number of aliphatic hydroxyl groups is 2. The summed E-state index contributed by atoms with van der Waals surface area (Å²) in [6.07, 6.45) is -0.546. The lowest BCUT2D eigenvalue weighted by molar-refractivity contribution is -0.0432. The van der Waals surface area contributed by atoms with Crippen molar-refractivity contribution in [2.75, 3.05) is 26.0 Å². The Morgan fingerprint density at radius 1 is 1.58 bits per heavy atom. The highest BCUT2D eigenvalue weighted by molar-refractivity contribution is 5.87. The van der Waals surface area contributed by atoms with Gasteiger partial charge in [0.15, 0.2) is 11.2 Å². The lowest BCUT2D eigenvalue weighted by atomic mass is 10.2. The number of urea groups is 1. The summed E-state index contributed by atoms with van der Waals surface area (Å²) in [4.78, 5) is 35.7. The SMILES string of the molecule is CN(C)C(=O)Nc1nc2c(ncn2[C@H]2C[C@H](O)[C@@H](CO)O2)c(=O)[nH]1. The maximum Gasteiger partial charge on any atom is 0.323 e. The van der Waals surface area contributed by atoms with E-state index >= 15 is 0 Å². The Morgan fingerprint density at radius 2 is 2.33 bits per heavy atom. The molecule has 0 unspecified atom stereocenters. The van der Waals surface area contributed by atoms with Gasteiger partial charge in [-0.3, -0.25) is 19.7 Å². The van der Waals surface area contributed by atoms with Gasteiger partial charge in [-0.2, -0.15) is 4.98 Å². The molecular weight excluding hydrogens is 320 g/mol. The van der Waals surface area contributed by atoms with Gasteiger partial charge in [0.2, 0.25) is 5.95 Å². The molecule has 24 heavy (non-hydrogen) atoms. The molecule has 3 rings (SSSR count). The van der Waals surface area contributed by atoms with Crippen LogP contribution in [0, 0.1) is 0 Å². The number of H-pyrrole nitrogens is 1. The van der Waals surface area contributed by atoms with Crippen LogP contribution in [0.25, 0.3) is 11.2 Å². The molecule has 1 aliphatic heterocycles. The Morgan fingerprint density at radius 3 is 2.96 bits per heavy atom. The fraction of sp³-hybridized carbons (Fsp3) is 0.538. The van der Waals surface area contributed by atoms with Gasteiger partial charge in [0.1, 0.15) is 12.3 Å². The quantitative estimate of drug-likeness (QED) is 0.553. The van der Waals surface area contributed by atoms with Gasteiger partial charge in [0.25, 0.3) is 5.56 Å². The molecule has 1 aliphatic rings. The molecule has 2 aromatic heterocycles. The smallest absolute Gasteiger partial charge is 0.323 e. The zero-order valence-electron chi connectivity index (χ0n) is 13.1. The largest absolute Gasteiger partial charge is 0.394 e. The van der Waals surface area contributed by atoms with E-state index in [4.69, 9.17) is 4.74 Å². The predicted octanol–water partition coefficient (Wildman–Crippen LogP) is -1.15. The second-order valence-electron chi connectivity index (χ2n) is 5.68. The predicted molar refractivity (Wildman–Crippen MR) is 82.5 cm³/mol. The van der Waals surface area contributed by atoms with Crippen LogP contribution in [-0.2, 0) is 4.74 Å². The molecule has 3 atom stereocenters. The molecule has 0 spiro atoms. The normalized spacial score (nSPS) is 23.6. The molecule has 2 aromatic rings. The number of nitrogens with zero attached hydrogens (tertiary/aromatic N) is 4. The van der Waals surface area contributed by atoms with E-state index in [9.17, 15) is 19.8 Å². The number of anilines is 1. The van der Waals surface area contributed by atoms with Gasteiger partial charge in [-0.05, 0) is 0 Å². The number of carbonyl (C=O) groups is 1. The van der Waals surface area contributed by atoms with Crippen LogP contribution in [-0.4, -0.2) is 73.6 Å². The number of imidazole rings is 1. The first-order chi connectivity index (χ1) is 11.4. The molecule has 1 saturated heterocycles. The summed E-state index contributed by atoms with van der Waals surface area (Å²) in [6, 6.07) is -0.448. The molecule has 11 nitrogen and oxygen atoms in total. The number of aromatic nitrogens is 4. The van der Waals surface area contributed by atoms with Crippen molar-refractivity contribution in [3.63, 3.8) is 0 Å². The highest BCUT2D eigenvalue weighted by atomic mass is 16.5. The molecule has 1 fully saturated rings. The third-order valence-corrected chi connectivity index (χ3v) is 3.76. The fourth-order valence-electron chi connectivity index (χ4n) is 2.46. The molecule has 2 amide bonds. The topological polar surface area (TPSA) is 146 Å². The van der Waals surface area contributed by atoms with Gasteiger partial charge >= 0.3 is 6.03 Å². The van der Waals surface area contributed by atoms with Gasteiger partial charge in [-0.25, -0.2) is 9.78 Å². The van der Waals surface area contributed by atoms with Crippen LogP contribution in [0.5, 0.6) is 0 Å². The molecule has 4 N–H and O–H groups in total. The van der Waals surface area contributed by atoms with Crippen molar-refractivity contribution in [3.05, 3.63) is 16.7 Å². The van der Waals surface area contributed by atoms with E-state index in [1.54, 1.807) is 14.1 Å². The molecule has 0 bridgehead atoms. The molecule has 3 heterocycles. The summed E-state index contributed by atoms with van der Waals surface area (Å²) < 4.78 is 7.04. The summed E-state index contributed by atoms with van der Waals surface area (Å²) in [5, 5.41) is 21.5. The van der Waals surface area contributed by atoms with E-state index in [0.29, 0.717) is 0 Å². The number of aliphatic hydroxyl groups excluding tert-OH is 2. The monoisotopic (exact) mass is 338 g/mol. The van der Waals surface area contributed by atoms with Crippen molar-refractivity contribution in [1.29, 1.82) is 0 Å². The molecule has 0 saturated carbocycles. The number of amides is 2. The zero-order chi connectivity index (χ0) is 17.4. The maximum atomic E-state index is 12.1. The second-order valence-corrected chi connectivity index (χ2v) is 5.68. The maximum absolute atomic E-state index is 12.1. The van der Waals surface area contributed by atoms with Crippen molar-refractivity contribution < 1.29 is 19.7 Å². The number of fused-ring (bicyclic) bond motifs is 1. The minimum atomic E-state index is -0.827. The van der Waals surface area contributed by atoms with Crippen LogP contribution in [0.3, 0.4) is 0 Å². The number of hydrogen-bond donors (Lipinski definition) is 4. The van der Waals surface area contributed by atoms with E-state index in [-0.39, 0.29) is 30.1 Å². The summed E-state index contributed by atoms with van der Waals surface area (Å²) in [6.45, 7) is -0.317. The molecular formula is C13H18N6O5. The Balaban J connectivity index is 1.97. The van der Waals surface area contributed by atoms with Gasteiger partial charge in [-0.15, -0.1) is 0 Å². The van der Waals surface area contributed by atoms with Crippen LogP contribution < -0.4 is 10.9 Å². The van der Waals surface area contributed by atoms with Crippen molar-refractivity contribution in [2.24, 2.45) is 0 Å². The van der Waals surface area contributed by atoms with E-state index in [0.717, 1.165) is 0 Å². The minimum absolute atomic E-state index is 0.0230. The summed E-state index contributed by atoms with van der Waals surface area (Å²) in [5.41, 5.74) is -0.211. The highest BCUT2D eigenvalue weighted by Gasteiger charge is 2.35. The molecule has 0 radical (unpaired) electrons. The average Bonchev–Trinajstić information content (AvgIpc) is 3.10. The highest BCUT2D eigenvalue weighted by Crippen LogP contribution is 2.30. The van der Waals surface area contributed by atoms with Crippen LogP contribution in [0.4, 0.5) is 10.7 Å². The summed E-state index contributed by atoms with van der Waals surface area (Å²) in [5.74, 6) is -0.0230. The van der Waals surface area contributed by atoms with Crippen LogP contribution >= 0.6 is 0 Å². The van der Waals surface area contributed by atoms with Crippen molar-refractivity contribution in [1.82, 2.24) is 24.4 Å². The van der Waals surface area contributed by atoms with Crippen molar-refractivity contribution >= 4 is 23.1 Å². The first-order valence-corrected chi connectivity index (χ1v) is 7.30. The van der Waals surface area contributed by atoms with Crippen LogP contribution in [0.1, 0.15) is 12.6 Å². The number of aromatic amines is 1. The Labute approximate surface area is 135 Å². The molecule has 130 valence electrons. The lowest BCUT2D eigenvalue weighted by Crippen LogP contribution is -2.29. The van der Waals surface area contributed by atoms with Gasteiger partial charge < -0.3 is 19.8 Å². The molecule has 11 heteroatoms. The van der Waals surface area contributed by atoms with Crippen LogP contribution in [0.2, 0.25) is 0 Å². The number of rotatable bonds is 3. The summed E-state index contributed by atoms with van der Waals surface area (Å²) >= 11 is 0. The number of carbonyl (C=O) groups excluding carboxylic acids is 1. The standard InChI is InChI=1S/C13H18N6O5/c1-18(2)13(23)17-12-15-10-9(11(22)16-12)14-5-19(10)8-3-6(21)7(4-20)24-8/h5-8,20-21H,3-4H2,1-2H3,(H2,15,16,17,22,23)/t6-,7+,8+/m0/s1. The van der Waals surface area contributed by atoms with Crippen molar-refractivity contribution in [3.8, 4) is 0 Å². The van der Waals surface area contributed by atoms with Gasteiger partial charge in [0.05, 0.1) is 19.0 Å². The third-order valence-electron chi connectivity index (χ3n) is 3.76. The first-order valence-electron chi connectivity index (χ1n) is 7.30. The van der Waals surface area contributed by atoms with Crippen molar-refractivity contribution in [2.45, 2.75) is 24.9 Å². The summed E-state index contributed by atoms with van der Waals surface area (Å²) in [7, 11) is 3.11.